The van der Waals surface area contributed by atoms with Gasteiger partial charge in [0.05, 0.1) is 0 Å². The molecule has 3 rings (SSSR count). The van der Waals surface area contributed by atoms with Gasteiger partial charge in [-0.15, -0.1) is 11.3 Å². The van der Waals surface area contributed by atoms with Crippen molar-refractivity contribution in [2.45, 2.75) is 32.2 Å². The number of fused-ring (bicyclic) bond motifs is 1. The minimum atomic E-state index is 0.524. The number of nitrogens with zero attached hydrogens (tertiary/aromatic N) is 1. The van der Waals surface area contributed by atoms with Gasteiger partial charge in [-0.2, -0.15) is 0 Å². The molecule has 0 spiro atoms. The van der Waals surface area contributed by atoms with Gasteiger partial charge in [-0.25, -0.2) is 0 Å². The summed E-state index contributed by atoms with van der Waals surface area (Å²) >= 11 is 1.86. The Balaban J connectivity index is 1.45. The van der Waals surface area contributed by atoms with E-state index in [4.69, 9.17) is 0 Å². The Bertz CT molecular complexity index is 550. The van der Waals surface area contributed by atoms with Crippen LogP contribution in [0.25, 0.3) is 0 Å². The van der Waals surface area contributed by atoms with E-state index in [9.17, 15) is 0 Å². The number of thiophene rings is 1. The average molecular weight is 300 g/mol. The fourth-order valence-corrected chi connectivity index (χ4v) is 4.01. The standard InChI is InChI=1S/C18H24N2S/c1-2-16(18-9-5-14-21-18)19-11-6-12-20-13-10-15-7-3-4-8-17(15)20/h3-5,7-9,14,16,19H,2,6,10-13H2,1H3. The summed E-state index contributed by atoms with van der Waals surface area (Å²) in [6.45, 7) is 5.69. The van der Waals surface area contributed by atoms with Crippen LogP contribution in [0.1, 0.15) is 36.2 Å². The molecular formula is C18H24N2S. The van der Waals surface area contributed by atoms with Crippen LogP contribution in [0.4, 0.5) is 5.69 Å². The normalized spacial score (nSPS) is 15.2. The highest BCUT2D eigenvalue weighted by atomic mass is 32.1. The molecule has 0 fully saturated rings. The summed E-state index contributed by atoms with van der Waals surface area (Å²) in [5.74, 6) is 0. The Hall–Kier alpha value is -1.32. The molecule has 0 bridgehead atoms. The molecule has 2 heterocycles. The van der Waals surface area contributed by atoms with Crippen molar-refractivity contribution in [2.75, 3.05) is 24.5 Å². The maximum absolute atomic E-state index is 3.70. The number of hydrogen-bond donors (Lipinski definition) is 1. The molecule has 2 aromatic rings. The first-order valence-corrected chi connectivity index (χ1v) is 8.86. The van der Waals surface area contributed by atoms with E-state index in [1.807, 2.05) is 11.3 Å². The van der Waals surface area contributed by atoms with Crippen LogP contribution >= 0.6 is 11.3 Å². The second-order valence-electron chi connectivity index (χ2n) is 5.65. The lowest BCUT2D eigenvalue weighted by atomic mass is 10.2. The number of anilines is 1. The van der Waals surface area contributed by atoms with Crippen molar-refractivity contribution in [2.24, 2.45) is 0 Å². The first-order valence-electron chi connectivity index (χ1n) is 7.98. The van der Waals surface area contributed by atoms with E-state index in [2.05, 4.69) is 58.9 Å². The average Bonchev–Trinajstić information content (AvgIpc) is 3.17. The summed E-state index contributed by atoms with van der Waals surface area (Å²) < 4.78 is 0. The summed E-state index contributed by atoms with van der Waals surface area (Å²) in [6, 6.07) is 13.7. The van der Waals surface area contributed by atoms with Gasteiger partial charge in [-0.3, -0.25) is 0 Å². The zero-order valence-electron chi connectivity index (χ0n) is 12.7. The van der Waals surface area contributed by atoms with Gasteiger partial charge >= 0.3 is 0 Å². The molecule has 0 amide bonds. The van der Waals surface area contributed by atoms with Crippen LogP contribution < -0.4 is 10.2 Å². The Morgan fingerprint density at radius 1 is 1.24 bits per heavy atom. The molecular weight excluding hydrogens is 276 g/mol. The predicted molar refractivity (Wildman–Crippen MR) is 92.3 cm³/mol. The lowest BCUT2D eigenvalue weighted by molar-refractivity contribution is 0.516. The largest absolute Gasteiger partial charge is 0.371 e. The summed E-state index contributed by atoms with van der Waals surface area (Å²) in [4.78, 5) is 3.99. The van der Waals surface area contributed by atoms with Crippen LogP contribution in [0.15, 0.2) is 41.8 Å². The predicted octanol–water partition coefficient (Wildman–Crippen LogP) is 4.24. The van der Waals surface area contributed by atoms with Crippen molar-refractivity contribution in [1.29, 1.82) is 0 Å². The third kappa shape index (κ3) is 3.47. The molecule has 2 nitrogen and oxygen atoms in total. The maximum atomic E-state index is 3.70. The molecule has 1 aliphatic heterocycles. The van der Waals surface area contributed by atoms with Crippen LogP contribution in [0.5, 0.6) is 0 Å². The van der Waals surface area contributed by atoms with Gasteiger partial charge < -0.3 is 10.2 Å². The lowest BCUT2D eigenvalue weighted by Crippen LogP contribution is -2.27. The Labute approximate surface area is 131 Å². The van der Waals surface area contributed by atoms with Crippen molar-refractivity contribution >= 4 is 17.0 Å². The monoisotopic (exact) mass is 300 g/mol. The summed E-state index contributed by atoms with van der Waals surface area (Å²) in [5.41, 5.74) is 2.96. The van der Waals surface area contributed by atoms with Gasteiger partial charge in [0.2, 0.25) is 0 Å². The van der Waals surface area contributed by atoms with Gasteiger partial charge in [-0.05, 0) is 48.9 Å². The Kier molecular flexibility index (Phi) is 4.94. The molecule has 1 N–H and O–H groups in total. The zero-order valence-corrected chi connectivity index (χ0v) is 13.5. The van der Waals surface area contributed by atoms with Gasteiger partial charge in [-0.1, -0.05) is 31.2 Å². The number of nitrogens with one attached hydrogen (secondary N) is 1. The first-order chi connectivity index (χ1) is 10.4. The first kappa shape index (κ1) is 14.6. The van der Waals surface area contributed by atoms with E-state index >= 15 is 0 Å². The van der Waals surface area contributed by atoms with Crippen molar-refractivity contribution in [3.63, 3.8) is 0 Å². The highest BCUT2D eigenvalue weighted by Gasteiger charge is 2.17. The quantitative estimate of drug-likeness (QED) is 0.769. The topological polar surface area (TPSA) is 15.3 Å². The number of benzene rings is 1. The molecule has 0 aliphatic carbocycles. The van der Waals surface area contributed by atoms with Gasteiger partial charge in [0, 0.05) is 29.7 Å². The highest BCUT2D eigenvalue weighted by Crippen LogP contribution is 2.27. The van der Waals surface area contributed by atoms with Gasteiger partial charge in [0.15, 0.2) is 0 Å². The molecule has 1 atom stereocenters. The number of para-hydroxylation sites is 1. The molecule has 21 heavy (non-hydrogen) atoms. The summed E-state index contributed by atoms with van der Waals surface area (Å²) in [5, 5.41) is 5.87. The molecule has 0 saturated carbocycles. The van der Waals surface area contributed by atoms with Crippen LogP contribution in [0, 0.1) is 0 Å². The van der Waals surface area contributed by atoms with E-state index in [1.54, 1.807) is 0 Å². The van der Waals surface area contributed by atoms with Crippen LogP contribution in [0.2, 0.25) is 0 Å². The molecule has 1 aliphatic rings. The fourth-order valence-electron chi connectivity index (χ4n) is 3.12. The second-order valence-corrected chi connectivity index (χ2v) is 6.63. The minimum absolute atomic E-state index is 0.524. The number of rotatable bonds is 7. The fraction of sp³-hybridized carbons (Fsp3) is 0.444. The van der Waals surface area contributed by atoms with Crippen LogP contribution in [0.3, 0.4) is 0 Å². The second kappa shape index (κ2) is 7.10. The Morgan fingerprint density at radius 2 is 2.14 bits per heavy atom. The third-order valence-electron chi connectivity index (χ3n) is 4.27. The van der Waals surface area contributed by atoms with E-state index in [0.29, 0.717) is 6.04 Å². The van der Waals surface area contributed by atoms with Gasteiger partial charge in [0.1, 0.15) is 0 Å². The van der Waals surface area contributed by atoms with E-state index < -0.39 is 0 Å². The van der Waals surface area contributed by atoms with Gasteiger partial charge in [0.25, 0.3) is 0 Å². The summed E-state index contributed by atoms with van der Waals surface area (Å²) in [7, 11) is 0. The van der Waals surface area contributed by atoms with Crippen LogP contribution in [-0.4, -0.2) is 19.6 Å². The van der Waals surface area contributed by atoms with Crippen molar-refractivity contribution in [1.82, 2.24) is 5.32 Å². The minimum Gasteiger partial charge on any atom is -0.371 e. The SMILES string of the molecule is CCC(NCCCN1CCc2ccccc21)c1cccs1. The Morgan fingerprint density at radius 3 is 2.95 bits per heavy atom. The maximum Gasteiger partial charge on any atom is 0.0412 e. The molecule has 0 saturated heterocycles. The summed E-state index contributed by atoms with van der Waals surface area (Å²) in [6.07, 6.45) is 3.57. The molecule has 0 radical (unpaired) electrons. The van der Waals surface area contributed by atoms with Crippen LogP contribution in [-0.2, 0) is 6.42 Å². The van der Waals surface area contributed by atoms with E-state index in [-0.39, 0.29) is 0 Å². The molecule has 1 unspecified atom stereocenters. The molecule has 112 valence electrons. The molecule has 1 aromatic carbocycles. The number of hydrogen-bond acceptors (Lipinski definition) is 3. The van der Waals surface area contributed by atoms with Crippen molar-refractivity contribution in [3.05, 3.63) is 52.2 Å². The van der Waals surface area contributed by atoms with E-state index in [0.717, 1.165) is 19.5 Å². The van der Waals surface area contributed by atoms with E-state index in [1.165, 1.54) is 35.5 Å². The van der Waals surface area contributed by atoms with Crippen molar-refractivity contribution in [3.8, 4) is 0 Å². The lowest BCUT2D eigenvalue weighted by Gasteiger charge is -2.21. The highest BCUT2D eigenvalue weighted by molar-refractivity contribution is 7.10. The zero-order chi connectivity index (χ0) is 14.5. The molecule has 1 aromatic heterocycles. The third-order valence-corrected chi connectivity index (χ3v) is 5.26. The molecule has 3 heteroatoms. The van der Waals surface area contributed by atoms with Crippen molar-refractivity contribution < 1.29 is 0 Å². The smallest absolute Gasteiger partial charge is 0.0412 e.